The summed E-state index contributed by atoms with van der Waals surface area (Å²) in [5, 5.41) is 0. The van der Waals surface area contributed by atoms with E-state index in [4.69, 9.17) is 10.5 Å². The molecule has 24 heavy (non-hydrogen) atoms. The number of rotatable bonds is 2. The first-order valence-corrected chi connectivity index (χ1v) is 8.38. The minimum Gasteiger partial charge on any atom is -0.490 e. The Bertz CT molecular complexity index is 831. The number of pyridine rings is 1. The van der Waals surface area contributed by atoms with Gasteiger partial charge in [0.25, 0.3) is 0 Å². The van der Waals surface area contributed by atoms with Gasteiger partial charge in [-0.1, -0.05) is 0 Å². The van der Waals surface area contributed by atoms with Gasteiger partial charge in [0, 0.05) is 27.2 Å². The van der Waals surface area contributed by atoms with E-state index in [9.17, 15) is 13.6 Å². The van der Waals surface area contributed by atoms with Crippen LogP contribution in [0, 0.1) is 21.1 Å². The van der Waals surface area contributed by atoms with Crippen LogP contribution in [-0.2, 0) is 0 Å². The molecule has 0 radical (unpaired) electrons. The van der Waals surface area contributed by atoms with Crippen molar-refractivity contribution in [1.82, 2.24) is 4.98 Å². The number of amides is 2. The van der Waals surface area contributed by atoms with Crippen LogP contribution >= 0.6 is 22.6 Å². The third-order valence-electron chi connectivity index (χ3n) is 4.47. The fraction of sp³-hybridized carbons (Fsp3) is 0.250. The number of anilines is 1. The van der Waals surface area contributed by atoms with E-state index in [1.165, 1.54) is 4.90 Å². The van der Waals surface area contributed by atoms with Crippen LogP contribution in [0.3, 0.4) is 0 Å². The van der Waals surface area contributed by atoms with Crippen LogP contribution < -0.4 is 15.4 Å². The highest BCUT2D eigenvalue weighted by molar-refractivity contribution is 14.1. The van der Waals surface area contributed by atoms with E-state index in [0.29, 0.717) is 5.82 Å². The smallest absolute Gasteiger partial charge is 0.320 e. The number of urea groups is 1. The lowest BCUT2D eigenvalue weighted by atomic mass is 10.0. The Morgan fingerprint density at radius 3 is 2.71 bits per heavy atom. The maximum Gasteiger partial charge on any atom is 0.320 e. The average molecular weight is 443 g/mol. The highest BCUT2D eigenvalue weighted by atomic mass is 127. The lowest BCUT2D eigenvalue weighted by molar-refractivity contribution is 0.250. The van der Waals surface area contributed by atoms with Crippen LogP contribution in [0.1, 0.15) is 11.5 Å². The molecule has 1 aromatic heterocycles. The van der Waals surface area contributed by atoms with E-state index in [1.807, 2.05) is 0 Å². The number of hydrogen-bond acceptors (Lipinski definition) is 3. The predicted molar refractivity (Wildman–Crippen MR) is 90.9 cm³/mol. The highest BCUT2D eigenvalue weighted by Gasteiger charge is 2.60. The molecule has 2 amide bonds. The second-order valence-corrected chi connectivity index (χ2v) is 7.05. The second-order valence-electron chi connectivity index (χ2n) is 5.81. The Hall–Kier alpha value is -1.97. The number of halogens is 3. The van der Waals surface area contributed by atoms with Crippen molar-refractivity contribution in [3.05, 3.63) is 51.2 Å². The number of hydrogen-bond donors (Lipinski definition) is 1. The van der Waals surface area contributed by atoms with Gasteiger partial charge in [-0.25, -0.2) is 18.6 Å². The molecule has 5 nitrogen and oxygen atoms in total. The molecular formula is C16H12F2IN3O2. The molecule has 0 unspecified atom stereocenters. The standard InChI is InChI=1S/C16H12F2IN3O2/c17-9-2-3-10(18)15-13(9)12-8(6-24-15)14(12)22(16(20)23)11-4-1-7(19)5-21-11/h1-5,8,12,14H,6H2,(H2,20,23)/t8-,12+,14+/m0/s1. The average Bonchev–Trinajstić information content (AvgIpc) is 3.26. The summed E-state index contributed by atoms with van der Waals surface area (Å²) in [7, 11) is 0. The van der Waals surface area contributed by atoms with Crippen molar-refractivity contribution in [2.75, 3.05) is 11.5 Å². The second kappa shape index (κ2) is 5.54. The highest BCUT2D eigenvalue weighted by Crippen LogP contribution is 2.58. The molecule has 1 aliphatic heterocycles. The van der Waals surface area contributed by atoms with E-state index >= 15 is 0 Å². The van der Waals surface area contributed by atoms with Crippen LogP contribution in [0.5, 0.6) is 5.75 Å². The number of nitrogens with zero attached hydrogens (tertiary/aromatic N) is 2. The van der Waals surface area contributed by atoms with Crippen molar-refractivity contribution in [3.63, 3.8) is 0 Å². The van der Waals surface area contributed by atoms with Gasteiger partial charge in [-0.05, 0) is 46.9 Å². The molecule has 2 aliphatic rings. The summed E-state index contributed by atoms with van der Waals surface area (Å²) < 4.78 is 34.4. The van der Waals surface area contributed by atoms with Crippen LogP contribution in [0.4, 0.5) is 19.4 Å². The minimum atomic E-state index is -0.679. The molecule has 2 heterocycles. The van der Waals surface area contributed by atoms with Gasteiger partial charge < -0.3 is 10.5 Å². The molecule has 3 atom stereocenters. The maximum atomic E-state index is 14.2. The zero-order valence-electron chi connectivity index (χ0n) is 12.2. The Morgan fingerprint density at radius 1 is 1.29 bits per heavy atom. The Kier molecular flexibility index (Phi) is 3.59. The van der Waals surface area contributed by atoms with Crippen LogP contribution in [0.25, 0.3) is 0 Å². The van der Waals surface area contributed by atoms with Crippen molar-refractivity contribution in [2.45, 2.75) is 12.0 Å². The maximum absolute atomic E-state index is 14.2. The molecule has 0 spiro atoms. The molecule has 2 N–H and O–H groups in total. The summed E-state index contributed by atoms with van der Waals surface area (Å²) in [6.07, 6.45) is 1.61. The summed E-state index contributed by atoms with van der Waals surface area (Å²) in [6, 6.07) is 4.52. The normalized spacial score (nSPS) is 23.7. The number of aromatic nitrogens is 1. The lowest BCUT2D eigenvalue weighted by Gasteiger charge is -2.20. The Labute approximate surface area is 149 Å². The number of carbonyl (C=O) groups is 1. The molecule has 1 fully saturated rings. The molecule has 1 aromatic carbocycles. The van der Waals surface area contributed by atoms with Crippen molar-refractivity contribution < 1.29 is 18.3 Å². The molecule has 0 bridgehead atoms. The van der Waals surface area contributed by atoms with Gasteiger partial charge >= 0.3 is 6.03 Å². The van der Waals surface area contributed by atoms with E-state index in [-0.39, 0.29) is 29.8 Å². The third kappa shape index (κ3) is 2.31. The van der Waals surface area contributed by atoms with E-state index in [2.05, 4.69) is 27.6 Å². The zero-order chi connectivity index (χ0) is 17.0. The summed E-state index contributed by atoms with van der Waals surface area (Å²) in [5.41, 5.74) is 5.70. The molecular weight excluding hydrogens is 431 g/mol. The minimum absolute atomic E-state index is 0.0706. The molecule has 2 aromatic rings. The summed E-state index contributed by atoms with van der Waals surface area (Å²) >= 11 is 2.10. The van der Waals surface area contributed by atoms with Crippen molar-refractivity contribution in [3.8, 4) is 5.75 Å². The van der Waals surface area contributed by atoms with Crippen LogP contribution in [0.2, 0.25) is 0 Å². The van der Waals surface area contributed by atoms with E-state index in [1.54, 1.807) is 18.3 Å². The first-order chi connectivity index (χ1) is 11.5. The fourth-order valence-corrected chi connectivity index (χ4v) is 3.72. The quantitative estimate of drug-likeness (QED) is 0.726. The first-order valence-electron chi connectivity index (χ1n) is 7.30. The summed E-state index contributed by atoms with van der Waals surface area (Å²) in [4.78, 5) is 17.5. The molecule has 1 aliphatic carbocycles. The molecule has 124 valence electrons. The van der Waals surface area contributed by atoms with Gasteiger partial charge in [0.2, 0.25) is 0 Å². The number of benzene rings is 1. The van der Waals surface area contributed by atoms with Gasteiger partial charge in [0.05, 0.1) is 12.6 Å². The fourth-order valence-electron chi connectivity index (χ4n) is 3.40. The van der Waals surface area contributed by atoms with Gasteiger partial charge in [-0.2, -0.15) is 0 Å². The third-order valence-corrected chi connectivity index (χ3v) is 5.11. The molecule has 1 saturated carbocycles. The molecule has 4 rings (SSSR count). The van der Waals surface area contributed by atoms with Gasteiger partial charge in [-0.3, -0.25) is 4.90 Å². The van der Waals surface area contributed by atoms with Crippen molar-refractivity contribution in [1.29, 1.82) is 0 Å². The van der Waals surface area contributed by atoms with Gasteiger partial charge in [0.15, 0.2) is 11.6 Å². The van der Waals surface area contributed by atoms with Crippen LogP contribution in [-0.4, -0.2) is 23.7 Å². The molecule has 8 heteroatoms. The number of carbonyl (C=O) groups excluding carboxylic acids is 1. The van der Waals surface area contributed by atoms with Crippen LogP contribution in [0.15, 0.2) is 30.5 Å². The number of fused-ring (bicyclic) bond motifs is 3. The van der Waals surface area contributed by atoms with Crippen molar-refractivity contribution >= 4 is 34.4 Å². The number of nitrogens with two attached hydrogens (primary N) is 1. The number of primary amides is 1. The SMILES string of the molecule is NC(=O)N(c1ccc(I)cn1)[C@@H]1[C@H]2COc3c(F)ccc(F)c3[C@@H]21. The van der Waals surface area contributed by atoms with Gasteiger partial charge in [0.1, 0.15) is 11.6 Å². The predicted octanol–water partition coefficient (Wildman–Crippen LogP) is 3.02. The topological polar surface area (TPSA) is 68.5 Å². The van der Waals surface area contributed by atoms with E-state index < -0.39 is 23.7 Å². The Balaban J connectivity index is 1.74. The largest absolute Gasteiger partial charge is 0.490 e. The van der Waals surface area contributed by atoms with Gasteiger partial charge in [-0.15, -0.1) is 0 Å². The molecule has 0 saturated heterocycles. The lowest BCUT2D eigenvalue weighted by Crippen LogP contribution is -2.39. The Morgan fingerprint density at radius 2 is 2.04 bits per heavy atom. The first kappa shape index (κ1) is 15.6. The summed E-state index contributed by atoms with van der Waals surface area (Å²) in [6.45, 7) is 0.205. The van der Waals surface area contributed by atoms with Crippen molar-refractivity contribution in [2.24, 2.45) is 11.7 Å². The number of ether oxygens (including phenoxy) is 1. The monoisotopic (exact) mass is 443 g/mol. The van der Waals surface area contributed by atoms with E-state index in [0.717, 1.165) is 15.7 Å². The zero-order valence-corrected chi connectivity index (χ0v) is 14.4. The summed E-state index contributed by atoms with van der Waals surface area (Å²) in [5.74, 6) is -1.31.